The molecule has 0 saturated carbocycles. The molecule has 0 amide bonds. The molecule has 698 valence electrons. The van der Waals surface area contributed by atoms with Crippen molar-refractivity contribution in [1.82, 2.24) is 4.98 Å². The summed E-state index contributed by atoms with van der Waals surface area (Å²) in [5.41, 5.74) is 15.7. The van der Waals surface area contributed by atoms with E-state index in [1.165, 1.54) is 153 Å². The molecule has 0 radical (unpaired) electrons. The molecule has 0 bridgehead atoms. The third kappa shape index (κ3) is 70.4. The van der Waals surface area contributed by atoms with Crippen molar-refractivity contribution in [2.75, 3.05) is 24.8 Å². The molecule has 0 spiro atoms. The van der Waals surface area contributed by atoms with E-state index in [0.29, 0.717) is 27.8 Å². The molecule has 59 heteroatoms. The van der Waals surface area contributed by atoms with Crippen LogP contribution in [0, 0.1) is 20.8 Å². The van der Waals surface area contributed by atoms with Crippen LogP contribution in [0.25, 0.3) is 54.9 Å². The maximum absolute atomic E-state index is 11.9. The van der Waals surface area contributed by atoms with Gasteiger partial charge in [-0.1, -0.05) is 223 Å². The maximum atomic E-state index is 11.9. The number of aromatic nitrogens is 1. The second-order valence-electron chi connectivity index (χ2n) is 25.3. The molecule has 0 aliphatic rings. The van der Waals surface area contributed by atoms with Gasteiger partial charge in [0.25, 0.3) is 0 Å². The van der Waals surface area contributed by atoms with Gasteiger partial charge in [-0.2, -0.15) is 7.05 Å². The fourth-order valence-corrected chi connectivity index (χ4v) is 15.3. The fraction of sp³-hybridized carbons (Fsp3) is 0.0610. The van der Waals surface area contributed by atoms with Crippen molar-refractivity contribution >= 4 is 150 Å². The Hall–Kier alpha value is -0.556. The molecule has 141 heavy (non-hydrogen) atoms. The summed E-state index contributed by atoms with van der Waals surface area (Å²) < 4.78 is 253. The Bertz CT molecular complexity index is 6660. The van der Waals surface area contributed by atoms with Crippen LogP contribution in [0.3, 0.4) is 0 Å². The van der Waals surface area contributed by atoms with Gasteiger partial charge in [0, 0.05) is 56.9 Å². The SMILES string of the molecule is CS([NH-])(=O)=O.C[N-]S(=O)(=O)c1ccc(C)cc1.Cc1ccc(S(=O)(=O)[N-]c2ccccc2)cc1.Cc1ccc(S([NH-])(=O)=O)cc1.Nc1ccc(S(=O)(=O)[N-]c2ccccn2)cc1.O=S(=O)([N-]c1ccccc1)c1ccccc1.[K+].[Li+].[NH-]S(=O)(=O)c1ccc(Cl)cc1.[NH-]S(=O)(=O)c1ccc(N)cc1.[NH-]S(=O)(=O)c1ccccc1.[NH-]S(=O)(=O)c1ccccc1.[NH-]S(=O)(=O)c1ccccc1.[Na+].[Na+].[Na+].[Na+].[Na+].[Na+].[Na+].[Na+].[Na+]. The molecule has 13 rings (SSSR count). The summed E-state index contributed by atoms with van der Waals surface area (Å²) in [6.45, 7) is 5.67. The first-order valence-electron chi connectivity index (χ1n) is 35.8. The summed E-state index contributed by atoms with van der Waals surface area (Å²) in [4.78, 5) is 4.68. The summed E-state index contributed by atoms with van der Waals surface area (Å²) in [6, 6.07) is 89.5. The maximum Gasteiger partial charge on any atom is 1.00 e. The van der Waals surface area contributed by atoms with Crippen molar-refractivity contribution in [3.05, 3.63) is 429 Å². The monoisotopic (exact) mass is 2260 g/mol. The van der Waals surface area contributed by atoms with E-state index in [1.807, 2.05) is 32.9 Å². The van der Waals surface area contributed by atoms with E-state index in [9.17, 15) is 92.6 Å². The number of nitrogens with two attached hydrogens (primary N) is 2. The number of nitrogens with zero attached hydrogens (tertiary/aromatic N) is 5. The standard InChI is InChI=1S/C13H12NO2S.C12H10NO2S.C11H10N3O2S.C8H10NO2S.C7H8NO2S.C6H5ClNO2S.C6H7N2O2S.3C6H6NO2S.CH4NO2S.K.Li.9Na/c1-11-7-9-13(10-8-11)17(15,16)14-12-5-3-2-4-6-12;14-16(15,12-9-5-2-6-10-12)13-11-7-3-1-4-8-11;12-9-4-6-10(7-5-9)17(15,16)14-11-3-1-2-8-13-11;1-7-3-5-8(6-4-7)12(10,11)9-2;1-6-2-4-7(5-3-6)11(8,9)10;2*7-5-1-3-6(4-2-5)11(8,9)10;3*7-10(8,9)6-4-2-1-3-5-6;1-5(2,3)4;;;;;;;;;;;/h2-10H,1H3;1-10H;1-8H,12H2;3-6H,1-2H3;2-5H,1H3,(H-,8,9,10);1-4H,(H-,8,9,10);1-4H,7H2,(H-,8,9,10);3*1-5H,(H-,7,8,9);1H3,(H-,2,3,4);;;;;;;;;;;/q11*-1;11*+1. The predicted octanol–water partition coefficient (Wildman–Crippen LogP) is -13.6. The quantitative estimate of drug-likeness (QED) is 0.0631. The largest absolute Gasteiger partial charge is 1.00 e. The van der Waals surface area contributed by atoms with Gasteiger partial charge in [-0.3, -0.25) is 0 Å². The second kappa shape index (κ2) is 77.7. The van der Waals surface area contributed by atoms with E-state index in [2.05, 4.69) is 23.9 Å². The van der Waals surface area contributed by atoms with Crippen LogP contribution in [0.2, 0.25) is 5.02 Å². The van der Waals surface area contributed by atoms with E-state index in [1.54, 1.807) is 194 Å². The first-order chi connectivity index (χ1) is 60.2. The van der Waals surface area contributed by atoms with Crippen molar-refractivity contribution in [2.45, 2.75) is 69.7 Å². The minimum Gasteiger partial charge on any atom is -0.573 e. The summed E-state index contributed by atoms with van der Waals surface area (Å²) >= 11 is 5.51. The molecule has 0 fully saturated rings. The first kappa shape index (κ1) is 158. The van der Waals surface area contributed by atoms with Crippen LogP contribution in [0.15, 0.2) is 401 Å². The van der Waals surface area contributed by atoms with Gasteiger partial charge in [0.05, 0.1) is 84.8 Å². The Morgan fingerprint density at radius 1 is 0.248 bits per heavy atom. The molecule has 13 aromatic rings. The Balaban J connectivity index is -0.000000195. The average molecular weight is 2260 g/mol. The average Bonchev–Trinajstić information content (AvgIpc) is 0.842. The Labute approximate surface area is 1090 Å². The van der Waals surface area contributed by atoms with E-state index in [-0.39, 0.29) is 391 Å². The molecular formula is C82H84ClKLiN14Na9O22S11. The molecule has 0 unspecified atom stereocenters. The number of benzene rings is 12. The van der Waals surface area contributed by atoms with Gasteiger partial charge in [0.2, 0.25) is 10.0 Å². The molecule has 0 saturated heterocycles. The van der Waals surface area contributed by atoms with Crippen LogP contribution in [0.5, 0.6) is 0 Å². The number of halogens is 1. The van der Waals surface area contributed by atoms with Crippen LogP contribution in [-0.2, 0) is 110 Å². The number of pyridine rings is 1. The molecule has 12 aromatic carbocycles. The van der Waals surface area contributed by atoms with Crippen LogP contribution >= 0.6 is 11.6 Å². The minimum absolute atomic E-state index is 0. The summed E-state index contributed by atoms with van der Waals surface area (Å²) in [5, 5.41) is 46.4. The second-order valence-corrected chi connectivity index (χ2v) is 42.7. The fourth-order valence-electron chi connectivity index (χ4n) is 8.48. The van der Waals surface area contributed by atoms with Crippen LogP contribution in [0.4, 0.5) is 28.6 Å². The van der Waals surface area contributed by atoms with E-state index < -0.39 is 110 Å². The van der Waals surface area contributed by atoms with Gasteiger partial charge in [0.1, 0.15) is 30.1 Å². The third-order valence-electron chi connectivity index (χ3n) is 14.7. The summed E-state index contributed by atoms with van der Waals surface area (Å²) in [7, 11) is -39.1. The van der Waals surface area contributed by atoms with Gasteiger partial charge in [-0.15, -0.1) is 11.4 Å². The van der Waals surface area contributed by atoms with Gasteiger partial charge in [-0.05, 0) is 184 Å². The normalized spacial score (nSPS) is 10.4. The number of aryl methyl sites for hydroxylation is 3. The predicted molar refractivity (Wildman–Crippen MR) is 505 cm³/mol. The number of hydrogen-bond acceptors (Lipinski definition) is 25. The van der Waals surface area contributed by atoms with Crippen molar-refractivity contribution in [1.29, 1.82) is 0 Å². The molecule has 0 atom stereocenters. The van der Waals surface area contributed by atoms with Crippen molar-refractivity contribution < 1.29 is 429 Å². The zero-order chi connectivity index (χ0) is 98.0. The third-order valence-corrected chi connectivity index (χ3v) is 25.6. The van der Waals surface area contributed by atoms with Gasteiger partial charge < -0.3 is 71.3 Å². The molecule has 1 heterocycles. The van der Waals surface area contributed by atoms with Crippen LogP contribution in [0.1, 0.15) is 16.7 Å². The molecule has 1 aromatic heterocycles. The molecule has 0 aliphatic carbocycles. The number of anilines is 2. The zero-order valence-corrected chi connectivity index (χ0v) is 111. The Kier molecular flexibility index (Phi) is 87.1. The topological polar surface area (TPSA) is 663 Å². The summed E-state index contributed by atoms with van der Waals surface area (Å²) in [5.74, 6) is 0.157. The van der Waals surface area contributed by atoms with E-state index in [0.717, 1.165) is 22.9 Å². The van der Waals surface area contributed by atoms with Crippen molar-refractivity contribution in [2.24, 2.45) is 0 Å². The smallest absolute Gasteiger partial charge is 0.573 e. The molecular weight excluding hydrogens is 2170 g/mol. The molecule has 36 nitrogen and oxygen atoms in total. The molecule has 0 aliphatic heterocycles. The number of hydrogen-bond donors (Lipinski definition) is 2. The van der Waals surface area contributed by atoms with E-state index >= 15 is 0 Å². The van der Waals surface area contributed by atoms with Gasteiger partial charge in [-0.25, -0.2) is 92.6 Å². The van der Waals surface area contributed by atoms with Crippen molar-refractivity contribution in [3.8, 4) is 0 Å². The van der Waals surface area contributed by atoms with Crippen LogP contribution < -0.4 is 348 Å². The number of nitrogen functional groups attached to an aromatic ring is 2. The number of rotatable bonds is 17. The number of sulfonamides is 11. The minimum atomic E-state index is -3.83. The molecule has 11 N–H and O–H groups in total. The number of nitrogens with one attached hydrogen (secondary N) is 7. The van der Waals surface area contributed by atoms with E-state index in [4.69, 9.17) is 59.0 Å². The first-order valence-corrected chi connectivity index (χ1v) is 52.8. The summed E-state index contributed by atoms with van der Waals surface area (Å²) in [6.07, 6.45) is 2.31. The van der Waals surface area contributed by atoms with Crippen LogP contribution in [-0.4, -0.2) is 111 Å². The zero-order valence-electron chi connectivity index (χ0n) is 79.7. The van der Waals surface area contributed by atoms with Crippen molar-refractivity contribution in [3.63, 3.8) is 0 Å². The Morgan fingerprint density at radius 3 is 0.645 bits per heavy atom. The Morgan fingerprint density at radius 2 is 0.426 bits per heavy atom. The van der Waals surface area contributed by atoms with Gasteiger partial charge >= 0.3 is 336 Å². The van der Waals surface area contributed by atoms with Gasteiger partial charge in [0.15, 0.2) is 0 Å².